The van der Waals surface area contributed by atoms with Crippen molar-refractivity contribution >= 4 is 21.9 Å². The van der Waals surface area contributed by atoms with Crippen molar-refractivity contribution in [2.75, 3.05) is 0 Å². The number of nitrogens with zero attached hydrogens (tertiary/aromatic N) is 2. The number of amides is 2. The van der Waals surface area contributed by atoms with Gasteiger partial charge in [0, 0.05) is 12.4 Å². The van der Waals surface area contributed by atoms with Gasteiger partial charge in [0.15, 0.2) is 5.03 Å². The summed E-state index contributed by atoms with van der Waals surface area (Å²) in [6.07, 6.45) is 4.80. The van der Waals surface area contributed by atoms with Crippen molar-refractivity contribution in [2.45, 2.75) is 0 Å². The van der Waals surface area contributed by atoms with Crippen LogP contribution in [0.2, 0.25) is 0 Å². The Morgan fingerprint density at radius 2 is 1.72 bits per heavy atom. The second kappa shape index (κ2) is 4.98. The molecule has 0 aromatic carbocycles. The van der Waals surface area contributed by atoms with Crippen LogP contribution in [0.15, 0.2) is 48.9 Å². The summed E-state index contributed by atoms with van der Waals surface area (Å²) in [7, 11) is -4.67. The first-order valence-electron chi connectivity index (χ1n) is 4.59. The van der Waals surface area contributed by atoms with Gasteiger partial charge in [-0.1, -0.05) is 13.2 Å². The van der Waals surface area contributed by atoms with E-state index in [1.54, 1.807) is 0 Å². The van der Waals surface area contributed by atoms with E-state index in [0.29, 0.717) is 4.90 Å². The van der Waals surface area contributed by atoms with Gasteiger partial charge in [-0.3, -0.25) is 23.9 Å². The third-order valence-electron chi connectivity index (χ3n) is 1.97. The van der Waals surface area contributed by atoms with Crippen molar-refractivity contribution in [3.05, 3.63) is 48.9 Å². The van der Waals surface area contributed by atoms with Gasteiger partial charge < -0.3 is 0 Å². The maximum absolute atomic E-state index is 11.4. The maximum atomic E-state index is 11.4. The largest absolute Gasteiger partial charge is 0.312 e. The van der Waals surface area contributed by atoms with Gasteiger partial charge in [0.1, 0.15) is 0 Å². The van der Waals surface area contributed by atoms with Crippen LogP contribution in [0.4, 0.5) is 0 Å². The standard InChI is InChI=1S/C10H10N2O5S/c1-3-8(13)11-5-6-12(9(14)4-2)10(7-11)18(15,16)17/h3-7H,1-2H2,(H,15,16,17). The van der Waals surface area contributed by atoms with Crippen LogP contribution in [0, 0.1) is 0 Å². The van der Waals surface area contributed by atoms with Gasteiger partial charge >= 0.3 is 10.1 Å². The van der Waals surface area contributed by atoms with Crippen molar-refractivity contribution in [2.24, 2.45) is 0 Å². The second-order valence-corrected chi connectivity index (χ2v) is 4.47. The van der Waals surface area contributed by atoms with Gasteiger partial charge in [-0.05, 0) is 12.2 Å². The molecule has 1 rings (SSSR count). The number of carbonyl (C=O) groups excluding carboxylic acids is 2. The van der Waals surface area contributed by atoms with E-state index in [0.717, 1.165) is 35.7 Å². The lowest BCUT2D eigenvalue weighted by molar-refractivity contribution is -0.124. The van der Waals surface area contributed by atoms with Gasteiger partial charge in [-0.25, -0.2) is 0 Å². The zero-order chi connectivity index (χ0) is 13.9. The zero-order valence-electron chi connectivity index (χ0n) is 9.18. The average molecular weight is 270 g/mol. The number of hydrogen-bond donors (Lipinski definition) is 1. The van der Waals surface area contributed by atoms with E-state index in [9.17, 15) is 18.0 Å². The predicted octanol–water partition coefficient (Wildman–Crippen LogP) is 0.187. The summed E-state index contributed by atoms with van der Waals surface area (Å²) in [5.41, 5.74) is 0. The Bertz CT molecular complexity index is 573. The van der Waals surface area contributed by atoms with E-state index >= 15 is 0 Å². The molecule has 1 heterocycles. The van der Waals surface area contributed by atoms with Crippen molar-refractivity contribution in [3.8, 4) is 0 Å². The van der Waals surface area contributed by atoms with E-state index in [4.69, 9.17) is 4.55 Å². The van der Waals surface area contributed by atoms with Crippen LogP contribution in [0.3, 0.4) is 0 Å². The van der Waals surface area contributed by atoms with Crippen LogP contribution in [-0.4, -0.2) is 34.6 Å². The molecule has 7 nitrogen and oxygen atoms in total. The molecule has 1 N–H and O–H groups in total. The van der Waals surface area contributed by atoms with Crippen LogP contribution in [0.1, 0.15) is 0 Å². The topological polar surface area (TPSA) is 95.0 Å². The van der Waals surface area contributed by atoms with E-state index in [1.165, 1.54) is 0 Å². The van der Waals surface area contributed by atoms with Crippen molar-refractivity contribution in [1.29, 1.82) is 0 Å². The fourth-order valence-electron chi connectivity index (χ4n) is 1.15. The van der Waals surface area contributed by atoms with Crippen LogP contribution in [-0.2, 0) is 19.7 Å². The second-order valence-electron chi connectivity index (χ2n) is 3.10. The predicted molar refractivity (Wildman–Crippen MR) is 62.9 cm³/mol. The van der Waals surface area contributed by atoms with Crippen molar-refractivity contribution in [1.82, 2.24) is 9.80 Å². The minimum Gasteiger partial charge on any atom is -0.287 e. The van der Waals surface area contributed by atoms with Gasteiger partial charge in [-0.2, -0.15) is 8.42 Å². The molecule has 0 aromatic heterocycles. The highest BCUT2D eigenvalue weighted by atomic mass is 32.2. The molecule has 0 spiro atoms. The molecule has 0 aromatic rings. The molecule has 0 saturated heterocycles. The fourth-order valence-corrected chi connectivity index (χ4v) is 1.80. The monoisotopic (exact) mass is 270 g/mol. The first-order valence-corrected chi connectivity index (χ1v) is 6.03. The lowest BCUT2D eigenvalue weighted by Gasteiger charge is -2.25. The molecule has 1 aliphatic rings. The molecule has 8 heteroatoms. The molecule has 0 aliphatic carbocycles. The van der Waals surface area contributed by atoms with E-state index in [2.05, 4.69) is 13.2 Å². The third kappa shape index (κ3) is 2.73. The van der Waals surface area contributed by atoms with Gasteiger partial charge in [-0.15, -0.1) is 0 Å². The molecule has 0 atom stereocenters. The Morgan fingerprint density at radius 3 is 2.17 bits per heavy atom. The minimum absolute atomic E-state index is 0.613. The van der Waals surface area contributed by atoms with Crippen LogP contribution < -0.4 is 0 Å². The van der Waals surface area contributed by atoms with Gasteiger partial charge in [0.2, 0.25) is 0 Å². The zero-order valence-corrected chi connectivity index (χ0v) is 10.0. The summed E-state index contributed by atoms with van der Waals surface area (Å²) in [6.45, 7) is 6.43. The van der Waals surface area contributed by atoms with Crippen molar-refractivity contribution in [3.63, 3.8) is 0 Å². The molecule has 96 valence electrons. The molecular weight excluding hydrogens is 260 g/mol. The Morgan fingerprint density at radius 1 is 1.17 bits per heavy atom. The van der Waals surface area contributed by atoms with E-state index in [1.807, 2.05) is 0 Å². The smallest absolute Gasteiger partial charge is 0.287 e. The highest BCUT2D eigenvalue weighted by Gasteiger charge is 2.28. The first kappa shape index (κ1) is 13.9. The molecule has 0 bridgehead atoms. The Balaban J connectivity index is 3.27. The average Bonchev–Trinajstić information content (AvgIpc) is 2.35. The Hall–Kier alpha value is -2.19. The lowest BCUT2D eigenvalue weighted by atomic mass is 10.4. The summed E-state index contributed by atoms with van der Waals surface area (Å²) in [5.74, 6) is -1.38. The summed E-state index contributed by atoms with van der Waals surface area (Å²) in [5, 5.41) is -0.745. The van der Waals surface area contributed by atoms with Crippen molar-refractivity contribution < 1.29 is 22.6 Å². The normalized spacial score (nSPS) is 15.1. The fraction of sp³-hybridized carbons (Fsp3) is 0. The summed E-state index contributed by atoms with van der Waals surface area (Å²) in [4.78, 5) is 24.2. The van der Waals surface area contributed by atoms with Crippen LogP contribution in [0.25, 0.3) is 0 Å². The molecular formula is C10H10N2O5S. The quantitative estimate of drug-likeness (QED) is 0.583. The third-order valence-corrected chi connectivity index (χ3v) is 2.80. The highest BCUT2D eigenvalue weighted by Crippen LogP contribution is 2.19. The SMILES string of the molecule is C=CC(=O)N1C=CN(C(=O)C=C)C(S(=O)(=O)O)=C1. The number of carbonyl (C=O) groups is 2. The van der Waals surface area contributed by atoms with Gasteiger partial charge in [0.05, 0.1) is 6.20 Å². The molecule has 2 amide bonds. The van der Waals surface area contributed by atoms with Crippen LogP contribution >= 0.6 is 0 Å². The molecule has 0 unspecified atom stereocenters. The highest BCUT2D eigenvalue weighted by molar-refractivity contribution is 7.89. The lowest BCUT2D eigenvalue weighted by Crippen LogP contribution is -2.34. The molecule has 18 heavy (non-hydrogen) atoms. The summed E-state index contributed by atoms with van der Waals surface area (Å²) < 4.78 is 31.3. The minimum atomic E-state index is -4.67. The molecule has 0 saturated carbocycles. The first-order chi connectivity index (χ1) is 8.31. The Labute approximate surface area is 104 Å². The maximum Gasteiger partial charge on any atom is 0.312 e. The molecule has 0 fully saturated rings. The number of rotatable bonds is 3. The summed E-state index contributed by atoms with van der Waals surface area (Å²) >= 11 is 0. The Kier molecular flexibility index (Phi) is 3.84. The van der Waals surface area contributed by atoms with Gasteiger partial charge in [0.25, 0.3) is 11.8 Å². The molecule has 0 radical (unpaired) electrons. The van der Waals surface area contributed by atoms with E-state index in [-0.39, 0.29) is 0 Å². The summed E-state index contributed by atoms with van der Waals surface area (Å²) in [6, 6.07) is 0. The van der Waals surface area contributed by atoms with Crippen LogP contribution in [0.5, 0.6) is 0 Å². The van der Waals surface area contributed by atoms with E-state index < -0.39 is 27.0 Å². The molecule has 1 aliphatic heterocycles. The number of hydrogen-bond acceptors (Lipinski definition) is 4.